The number of guanidine groups is 1. The second-order valence-electron chi connectivity index (χ2n) is 6.24. The van der Waals surface area contributed by atoms with Crippen LogP contribution in [0.4, 0.5) is 0 Å². The van der Waals surface area contributed by atoms with Crippen LogP contribution in [0.25, 0.3) is 0 Å². The number of aryl methyl sites for hydroxylation is 1. The highest BCUT2D eigenvalue weighted by Gasteiger charge is 2.05. The van der Waals surface area contributed by atoms with Crippen molar-refractivity contribution in [3.05, 3.63) is 46.0 Å². The van der Waals surface area contributed by atoms with Crippen molar-refractivity contribution < 1.29 is 0 Å². The predicted molar refractivity (Wildman–Crippen MR) is 108 cm³/mol. The first kappa shape index (κ1) is 20.5. The molecule has 142 valence electrons. The molecule has 2 rings (SSSR count). The van der Waals surface area contributed by atoms with Gasteiger partial charge in [0, 0.05) is 42.1 Å². The van der Waals surface area contributed by atoms with Crippen molar-refractivity contribution in [3.63, 3.8) is 0 Å². The van der Waals surface area contributed by atoms with Crippen LogP contribution in [0.2, 0.25) is 10.0 Å². The normalized spacial score (nSPS) is 11.8. The topological polar surface area (TPSA) is 67.1 Å². The number of rotatable bonds is 8. The van der Waals surface area contributed by atoms with Gasteiger partial charge < -0.3 is 15.2 Å². The number of benzene rings is 1. The molecule has 1 aromatic carbocycles. The molecule has 0 saturated heterocycles. The summed E-state index contributed by atoms with van der Waals surface area (Å²) in [6, 6.07) is 5.85. The van der Waals surface area contributed by atoms with Crippen LogP contribution in [0.5, 0.6) is 0 Å². The maximum absolute atomic E-state index is 6.22. The highest BCUT2D eigenvalue weighted by molar-refractivity contribution is 6.35. The Morgan fingerprint density at radius 3 is 2.81 bits per heavy atom. The van der Waals surface area contributed by atoms with Gasteiger partial charge in [0.1, 0.15) is 12.2 Å². The van der Waals surface area contributed by atoms with Crippen LogP contribution in [0, 0.1) is 0 Å². The smallest absolute Gasteiger partial charge is 0.191 e. The summed E-state index contributed by atoms with van der Waals surface area (Å²) >= 11 is 12.2. The molecule has 8 heteroatoms. The number of nitrogens with zero attached hydrogens (tertiary/aromatic N) is 4. The molecule has 0 saturated carbocycles. The Bertz CT molecular complexity index is 726. The Morgan fingerprint density at radius 2 is 2.12 bits per heavy atom. The summed E-state index contributed by atoms with van der Waals surface area (Å²) in [5.74, 6) is 1.77. The van der Waals surface area contributed by atoms with Crippen LogP contribution in [-0.4, -0.2) is 39.9 Å². The van der Waals surface area contributed by atoms with Crippen LogP contribution in [0.3, 0.4) is 0 Å². The molecule has 6 nitrogen and oxygen atoms in total. The standard InChI is InChI=1S/C18H26Cl2N6/c1-4-17-25-23-12-26(17)10-9-22-18(24-13(2)3)21-8-7-14-5-6-15(19)11-16(14)20/h5-6,11-13H,4,7-10H2,1-3H3,(H2,21,22,24). The fourth-order valence-electron chi connectivity index (χ4n) is 2.47. The summed E-state index contributed by atoms with van der Waals surface area (Å²) in [6.45, 7) is 8.41. The highest BCUT2D eigenvalue weighted by atomic mass is 35.5. The van der Waals surface area contributed by atoms with E-state index < -0.39 is 0 Å². The number of halogens is 2. The van der Waals surface area contributed by atoms with Crippen LogP contribution in [0.15, 0.2) is 29.5 Å². The summed E-state index contributed by atoms with van der Waals surface area (Å²) in [4.78, 5) is 4.65. The van der Waals surface area contributed by atoms with E-state index in [1.54, 1.807) is 12.4 Å². The van der Waals surface area contributed by atoms with Gasteiger partial charge in [-0.2, -0.15) is 0 Å². The monoisotopic (exact) mass is 396 g/mol. The molecule has 0 amide bonds. The molecule has 1 heterocycles. The van der Waals surface area contributed by atoms with Crippen LogP contribution < -0.4 is 10.6 Å². The maximum atomic E-state index is 6.22. The number of aliphatic imine (C=N–C) groups is 1. The molecule has 0 atom stereocenters. The van der Waals surface area contributed by atoms with Crippen molar-refractivity contribution in [2.75, 3.05) is 13.1 Å². The molecule has 0 aliphatic carbocycles. The van der Waals surface area contributed by atoms with E-state index in [2.05, 4.69) is 46.6 Å². The van der Waals surface area contributed by atoms with E-state index >= 15 is 0 Å². The first-order valence-electron chi connectivity index (χ1n) is 8.85. The lowest BCUT2D eigenvalue weighted by Crippen LogP contribution is -2.42. The molecule has 26 heavy (non-hydrogen) atoms. The van der Waals surface area contributed by atoms with E-state index in [1.165, 1.54) is 0 Å². The summed E-state index contributed by atoms with van der Waals surface area (Å²) in [7, 11) is 0. The molecule has 0 bridgehead atoms. The Morgan fingerprint density at radius 1 is 1.31 bits per heavy atom. The van der Waals surface area contributed by atoms with Gasteiger partial charge in [0.2, 0.25) is 0 Å². The zero-order valence-electron chi connectivity index (χ0n) is 15.5. The SMILES string of the molecule is CCc1nncn1CCNC(=NCCc1ccc(Cl)cc1Cl)NC(C)C. The Hall–Kier alpha value is -1.79. The van der Waals surface area contributed by atoms with Gasteiger partial charge in [-0.25, -0.2) is 0 Å². The second-order valence-corrected chi connectivity index (χ2v) is 7.08. The zero-order chi connectivity index (χ0) is 18.9. The quantitative estimate of drug-likeness (QED) is 0.530. The van der Waals surface area contributed by atoms with Gasteiger partial charge in [-0.3, -0.25) is 4.99 Å². The van der Waals surface area contributed by atoms with Crippen LogP contribution in [0.1, 0.15) is 32.2 Å². The van der Waals surface area contributed by atoms with Crippen molar-refractivity contribution in [2.24, 2.45) is 4.99 Å². The summed E-state index contributed by atoms with van der Waals surface area (Å²) in [5, 5.41) is 16.1. The lowest BCUT2D eigenvalue weighted by atomic mass is 10.1. The van der Waals surface area contributed by atoms with Crippen LogP contribution in [-0.2, 0) is 19.4 Å². The summed E-state index contributed by atoms with van der Waals surface area (Å²) in [6.07, 6.45) is 3.38. The number of nitrogens with one attached hydrogen (secondary N) is 2. The van der Waals surface area contributed by atoms with E-state index in [-0.39, 0.29) is 0 Å². The van der Waals surface area contributed by atoms with E-state index in [4.69, 9.17) is 23.2 Å². The molecular formula is C18H26Cl2N6. The Kier molecular flexibility index (Phi) is 8.19. The molecule has 0 radical (unpaired) electrons. The van der Waals surface area contributed by atoms with Crippen molar-refractivity contribution in [2.45, 2.75) is 46.2 Å². The minimum atomic E-state index is 0.293. The molecule has 0 spiro atoms. The lowest BCUT2D eigenvalue weighted by Gasteiger charge is -2.16. The molecule has 0 fully saturated rings. The highest BCUT2D eigenvalue weighted by Crippen LogP contribution is 2.21. The summed E-state index contributed by atoms with van der Waals surface area (Å²) in [5.41, 5.74) is 1.04. The molecule has 0 aliphatic heterocycles. The molecule has 0 unspecified atom stereocenters. The molecule has 2 N–H and O–H groups in total. The van der Waals surface area contributed by atoms with Gasteiger partial charge in [-0.15, -0.1) is 10.2 Å². The lowest BCUT2D eigenvalue weighted by molar-refractivity contribution is 0.622. The maximum Gasteiger partial charge on any atom is 0.191 e. The molecule has 1 aromatic heterocycles. The van der Waals surface area contributed by atoms with E-state index in [9.17, 15) is 0 Å². The minimum Gasteiger partial charge on any atom is -0.355 e. The minimum absolute atomic E-state index is 0.293. The van der Waals surface area contributed by atoms with Crippen molar-refractivity contribution in [1.29, 1.82) is 0 Å². The fraction of sp³-hybridized carbons (Fsp3) is 0.500. The molecule has 2 aromatic rings. The second kappa shape index (κ2) is 10.4. The third-order valence-electron chi connectivity index (χ3n) is 3.75. The van der Waals surface area contributed by atoms with E-state index in [0.29, 0.717) is 22.6 Å². The number of aromatic nitrogens is 3. The van der Waals surface area contributed by atoms with Gasteiger partial charge in [0.25, 0.3) is 0 Å². The Labute approximate surface area is 165 Å². The fourth-order valence-corrected chi connectivity index (χ4v) is 2.98. The zero-order valence-corrected chi connectivity index (χ0v) is 17.0. The van der Waals surface area contributed by atoms with Crippen molar-refractivity contribution >= 4 is 29.2 Å². The van der Waals surface area contributed by atoms with Gasteiger partial charge >= 0.3 is 0 Å². The van der Waals surface area contributed by atoms with Gasteiger partial charge in [0.15, 0.2) is 5.96 Å². The largest absolute Gasteiger partial charge is 0.355 e. The predicted octanol–water partition coefficient (Wildman–Crippen LogP) is 3.33. The van der Waals surface area contributed by atoms with E-state index in [1.807, 2.05) is 16.7 Å². The van der Waals surface area contributed by atoms with Gasteiger partial charge in [-0.05, 0) is 38.0 Å². The molecular weight excluding hydrogens is 371 g/mol. The first-order valence-corrected chi connectivity index (χ1v) is 9.60. The van der Waals surface area contributed by atoms with Crippen LogP contribution >= 0.6 is 23.2 Å². The molecule has 0 aliphatic rings. The van der Waals surface area contributed by atoms with Crippen molar-refractivity contribution in [1.82, 2.24) is 25.4 Å². The van der Waals surface area contributed by atoms with Gasteiger partial charge in [0.05, 0.1) is 0 Å². The van der Waals surface area contributed by atoms with Crippen molar-refractivity contribution in [3.8, 4) is 0 Å². The first-order chi connectivity index (χ1) is 12.5. The average molecular weight is 397 g/mol. The van der Waals surface area contributed by atoms with E-state index in [0.717, 1.165) is 43.3 Å². The Balaban J connectivity index is 1.89. The third kappa shape index (κ3) is 6.50. The third-order valence-corrected chi connectivity index (χ3v) is 4.34. The number of hydrogen-bond donors (Lipinski definition) is 2. The average Bonchev–Trinajstić information content (AvgIpc) is 3.03. The summed E-state index contributed by atoms with van der Waals surface area (Å²) < 4.78 is 2.05. The number of hydrogen-bond acceptors (Lipinski definition) is 3. The van der Waals surface area contributed by atoms with Gasteiger partial charge in [-0.1, -0.05) is 36.2 Å².